The van der Waals surface area contributed by atoms with Crippen LogP contribution in [-0.4, -0.2) is 20.4 Å². The van der Waals surface area contributed by atoms with Crippen LogP contribution >= 0.6 is 11.3 Å². The van der Waals surface area contributed by atoms with Gasteiger partial charge in [0.25, 0.3) is 5.91 Å². The van der Waals surface area contributed by atoms with Gasteiger partial charge < -0.3 is 5.32 Å². The van der Waals surface area contributed by atoms with Crippen molar-refractivity contribution >= 4 is 34.0 Å². The van der Waals surface area contributed by atoms with E-state index >= 15 is 0 Å². The van der Waals surface area contributed by atoms with Gasteiger partial charge in [0.05, 0.1) is 27.8 Å². The number of fused-ring (bicyclic) bond motifs is 1. The molecule has 0 saturated carbocycles. The van der Waals surface area contributed by atoms with E-state index in [1.54, 1.807) is 18.6 Å². The molecule has 0 atom stereocenters. The van der Waals surface area contributed by atoms with Gasteiger partial charge in [-0.25, -0.2) is 9.97 Å². The fraction of sp³-hybridized carbons (Fsp3) is 0. The average molecular weight is 320 g/mol. The molecule has 0 unspecified atom stereocenters. The van der Waals surface area contributed by atoms with Gasteiger partial charge in [0, 0.05) is 0 Å². The summed E-state index contributed by atoms with van der Waals surface area (Å²) in [7, 11) is 0. The van der Waals surface area contributed by atoms with Crippen LogP contribution in [0.3, 0.4) is 0 Å². The van der Waals surface area contributed by atoms with Crippen molar-refractivity contribution in [2.75, 3.05) is 5.32 Å². The maximum Gasteiger partial charge on any atom is 0.265 e. The summed E-state index contributed by atoms with van der Waals surface area (Å²) in [5.74, 6) is 0.635. The molecule has 0 saturated heterocycles. The van der Waals surface area contributed by atoms with Gasteiger partial charge in [0.15, 0.2) is 0 Å². The normalized spacial score (nSPS) is 10.8. The fourth-order valence-electron chi connectivity index (χ4n) is 2.34. The van der Waals surface area contributed by atoms with Crippen LogP contribution in [0.4, 0.5) is 5.69 Å². The predicted molar refractivity (Wildman–Crippen MR) is 91.1 cm³/mol. The molecular weight excluding hydrogens is 308 g/mol. The van der Waals surface area contributed by atoms with Gasteiger partial charge in [-0.15, -0.1) is 11.3 Å². The number of rotatable bonds is 3. The van der Waals surface area contributed by atoms with Gasteiger partial charge in [-0.2, -0.15) is 0 Å². The number of anilines is 1. The van der Waals surface area contributed by atoms with E-state index in [1.165, 1.54) is 11.3 Å². The van der Waals surface area contributed by atoms with Crippen molar-refractivity contribution in [3.05, 3.63) is 71.3 Å². The molecule has 112 valence electrons. The number of thiophene rings is 1. The molecule has 4 aromatic rings. The number of aromatic nitrogens is 3. The number of imidazole rings is 1. The summed E-state index contributed by atoms with van der Waals surface area (Å²) in [4.78, 5) is 21.5. The summed E-state index contributed by atoms with van der Waals surface area (Å²) in [5, 5.41) is 4.71. The maximum absolute atomic E-state index is 12.0. The second-order valence-electron chi connectivity index (χ2n) is 4.94. The highest BCUT2D eigenvalue weighted by atomic mass is 32.1. The largest absolute Gasteiger partial charge is 0.320 e. The quantitative estimate of drug-likeness (QED) is 0.625. The lowest BCUT2D eigenvalue weighted by Crippen LogP contribution is -2.10. The van der Waals surface area contributed by atoms with Gasteiger partial charge in [-0.1, -0.05) is 18.2 Å². The lowest BCUT2D eigenvalue weighted by atomic mass is 10.3. The zero-order chi connectivity index (χ0) is 15.6. The molecule has 0 fully saturated rings. The number of hydrogen-bond donors (Lipinski definition) is 1. The van der Waals surface area contributed by atoms with Crippen LogP contribution in [0.2, 0.25) is 0 Å². The Morgan fingerprint density at radius 3 is 2.74 bits per heavy atom. The van der Waals surface area contributed by atoms with Crippen LogP contribution in [0.25, 0.3) is 16.9 Å². The van der Waals surface area contributed by atoms with E-state index in [4.69, 9.17) is 0 Å². The molecule has 1 amide bonds. The average Bonchev–Trinajstić information content (AvgIpc) is 3.25. The zero-order valence-corrected chi connectivity index (χ0v) is 12.8. The molecule has 0 aliphatic carbocycles. The number of para-hydroxylation sites is 2. The van der Waals surface area contributed by atoms with Gasteiger partial charge >= 0.3 is 0 Å². The van der Waals surface area contributed by atoms with Gasteiger partial charge in [-0.05, 0) is 35.7 Å². The van der Waals surface area contributed by atoms with Gasteiger partial charge in [0.1, 0.15) is 12.1 Å². The second kappa shape index (κ2) is 5.66. The molecule has 3 heterocycles. The molecule has 0 aliphatic heterocycles. The Kier molecular flexibility index (Phi) is 3.36. The SMILES string of the molecule is O=C(Nc1ccc(-n2cnc3ccccc32)nc1)c1cccs1. The van der Waals surface area contributed by atoms with Crippen molar-refractivity contribution in [2.45, 2.75) is 0 Å². The number of nitrogens with one attached hydrogen (secondary N) is 1. The monoisotopic (exact) mass is 320 g/mol. The maximum atomic E-state index is 12.0. The number of nitrogens with zero attached hydrogens (tertiary/aromatic N) is 3. The predicted octanol–water partition coefficient (Wildman–Crippen LogP) is 3.73. The molecule has 0 radical (unpaired) electrons. The first-order chi connectivity index (χ1) is 11.3. The van der Waals surface area contributed by atoms with Crippen LogP contribution in [0.5, 0.6) is 0 Å². The topological polar surface area (TPSA) is 59.8 Å². The van der Waals surface area contributed by atoms with Crippen LogP contribution in [0, 0.1) is 0 Å². The fourth-order valence-corrected chi connectivity index (χ4v) is 2.96. The van der Waals surface area contributed by atoms with Crippen molar-refractivity contribution in [3.8, 4) is 5.82 Å². The Bertz CT molecular complexity index is 958. The molecule has 0 bridgehead atoms. The molecule has 1 aromatic carbocycles. The minimum atomic E-state index is -0.123. The molecular formula is C17H12N4OS. The highest BCUT2D eigenvalue weighted by Gasteiger charge is 2.08. The number of carbonyl (C=O) groups excluding carboxylic acids is 1. The summed E-state index contributed by atoms with van der Waals surface area (Å²) in [6.07, 6.45) is 3.40. The number of hydrogen-bond acceptors (Lipinski definition) is 4. The van der Waals surface area contributed by atoms with E-state index in [0.29, 0.717) is 10.6 Å². The van der Waals surface area contributed by atoms with Crippen molar-refractivity contribution in [2.24, 2.45) is 0 Å². The molecule has 1 N–H and O–H groups in total. The lowest BCUT2D eigenvalue weighted by molar-refractivity contribution is 0.103. The van der Waals surface area contributed by atoms with Gasteiger partial charge in [-0.3, -0.25) is 9.36 Å². The highest BCUT2D eigenvalue weighted by Crippen LogP contribution is 2.18. The highest BCUT2D eigenvalue weighted by molar-refractivity contribution is 7.12. The van der Waals surface area contributed by atoms with E-state index in [9.17, 15) is 4.79 Å². The smallest absolute Gasteiger partial charge is 0.265 e. The van der Waals surface area contributed by atoms with Crippen LogP contribution in [-0.2, 0) is 0 Å². The summed E-state index contributed by atoms with van der Waals surface area (Å²) in [5.41, 5.74) is 2.58. The number of pyridine rings is 1. The Hall–Kier alpha value is -2.99. The molecule has 5 nitrogen and oxygen atoms in total. The molecule has 0 spiro atoms. The Labute approximate surface area is 136 Å². The Morgan fingerprint density at radius 2 is 1.96 bits per heavy atom. The van der Waals surface area contributed by atoms with E-state index in [-0.39, 0.29) is 5.91 Å². The Balaban J connectivity index is 1.60. The first-order valence-electron chi connectivity index (χ1n) is 7.05. The molecule has 0 aliphatic rings. The number of carbonyl (C=O) groups is 1. The molecule has 23 heavy (non-hydrogen) atoms. The number of benzene rings is 1. The summed E-state index contributed by atoms with van der Waals surface area (Å²) in [6.45, 7) is 0. The van der Waals surface area contributed by atoms with E-state index < -0.39 is 0 Å². The third-order valence-corrected chi connectivity index (χ3v) is 4.32. The van der Waals surface area contributed by atoms with Crippen LogP contribution < -0.4 is 5.32 Å². The summed E-state index contributed by atoms with van der Waals surface area (Å²) in [6, 6.07) is 15.2. The minimum Gasteiger partial charge on any atom is -0.320 e. The lowest BCUT2D eigenvalue weighted by Gasteiger charge is -2.06. The van der Waals surface area contributed by atoms with Crippen molar-refractivity contribution < 1.29 is 4.79 Å². The van der Waals surface area contributed by atoms with E-state index in [2.05, 4.69) is 15.3 Å². The molecule has 6 heteroatoms. The molecule has 4 rings (SSSR count). The van der Waals surface area contributed by atoms with Crippen molar-refractivity contribution in [1.82, 2.24) is 14.5 Å². The standard InChI is InChI=1S/C17H12N4OS/c22-17(15-6-3-9-23-15)20-12-7-8-16(18-10-12)21-11-19-13-4-1-2-5-14(13)21/h1-11H,(H,20,22). The third kappa shape index (κ3) is 2.60. The summed E-state index contributed by atoms with van der Waals surface area (Å²) < 4.78 is 1.92. The van der Waals surface area contributed by atoms with Gasteiger partial charge in [0.2, 0.25) is 0 Å². The van der Waals surface area contributed by atoms with Crippen LogP contribution in [0.15, 0.2) is 66.4 Å². The van der Waals surface area contributed by atoms with E-state index in [0.717, 1.165) is 16.9 Å². The van der Waals surface area contributed by atoms with Crippen molar-refractivity contribution in [3.63, 3.8) is 0 Å². The molecule has 3 aromatic heterocycles. The van der Waals surface area contributed by atoms with E-state index in [1.807, 2.05) is 52.4 Å². The third-order valence-electron chi connectivity index (χ3n) is 3.45. The summed E-state index contributed by atoms with van der Waals surface area (Å²) >= 11 is 1.41. The van der Waals surface area contributed by atoms with Crippen molar-refractivity contribution in [1.29, 1.82) is 0 Å². The Morgan fingerprint density at radius 1 is 1.04 bits per heavy atom. The van der Waals surface area contributed by atoms with Crippen LogP contribution in [0.1, 0.15) is 9.67 Å². The minimum absolute atomic E-state index is 0.123. The first-order valence-corrected chi connectivity index (χ1v) is 7.92. The second-order valence-corrected chi connectivity index (χ2v) is 5.89. The number of amides is 1. The first kappa shape index (κ1) is 13.7. The zero-order valence-electron chi connectivity index (χ0n) is 12.0.